The largest absolute Gasteiger partial charge is 0.324 e. The van der Waals surface area contributed by atoms with Gasteiger partial charge < -0.3 is 5.73 Å². The Morgan fingerprint density at radius 2 is 1.74 bits per heavy atom. The zero-order chi connectivity index (χ0) is 13.7. The van der Waals surface area contributed by atoms with E-state index in [1.807, 2.05) is 18.2 Å². The van der Waals surface area contributed by atoms with E-state index in [-0.39, 0.29) is 6.04 Å². The normalized spacial score (nSPS) is 12.4. The minimum atomic E-state index is 0.0792. The molecule has 2 aromatic carbocycles. The van der Waals surface area contributed by atoms with Crippen molar-refractivity contribution in [3.8, 4) is 0 Å². The molecule has 1 atom stereocenters. The van der Waals surface area contributed by atoms with Crippen LogP contribution in [0.25, 0.3) is 0 Å². The summed E-state index contributed by atoms with van der Waals surface area (Å²) >= 11 is 7.06. The van der Waals surface area contributed by atoms with Crippen LogP contribution in [0.3, 0.4) is 0 Å². The lowest BCUT2D eigenvalue weighted by Crippen LogP contribution is -2.11. The zero-order valence-corrected chi connectivity index (χ0v) is 13.8. The predicted octanol–water partition coefficient (Wildman–Crippen LogP) is 5.23. The number of aryl methyl sites for hydroxylation is 1. The van der Waals surface area contributed by atoms with Crippen LogP contribution in [0.15, 0.2) is 57.5 Å². The fourth-order valence-corrected chi connectivity index (χ4v) is 3.04. The summed E-state index contributed by atoms with van der Waals surface area (Å²) < 4.78 is 2.16. The van der Waals surface area contributed by atoms with Crippen LogP contribution in [0.5, 0.6) is 0 Å². The van der Waals surface area contributed by atoms with E-state index in [0.29, 0.717) is 0 Å². The van der Waals surface area contributed by atoms with Crippen molar-refractivity contribution in [3.05, 3.63) is 68.6 Å². The molecule has 2 N–H and O–H groups in total. The van der Waals surface area contributed by atoms with Gasteiger partial charge in [0.15, 0.2) is 0 Å². The van der Waals surface area contributed by atoms with E-state index in [4.69, 9.17) is 5.73 Å². The Morgan fingerprint density at radius 1 is 1.00 bits per heavy atom. The zero-order valence-electron chi connectivity index (χ0n) is 10.7. The molecule has 0 bridgehead atoms. The van der Waals surface area contributed by atoms with Crippen molar-refractivity contribution < 1.29 is 0 Å². The second kappa shape index (κ2) is 7.22. The number of rotatable bonds is 5. The maximum Gasteiger partial charge on any atom is 0.0306 e. The quantitative estimate of drug-likeness (QED) is 0.752. The molecule has 19 heavy (non-hydrogen) atoms. The molecule has 2 rings (SSSR count). The summed E-state index contributed by atoms with van der Waals surface area (Å²) in [6.45, 7) is 0. The molecule has 0 heterocycles. The molecule has 0 aliphatic heterocycles. The SMILES string of the molecule is NC(CCCc1ccccc1)c1cc(Br)ccc1Br. The van der Waals surface area contributed by atoms with Crippen molar-refractivity contribution in [1.82, 2.24) is 0 Å². The van der Waals surface area contributed by atoms with Gasteiger partial charge in [-0.05, 0) is 48.6 Å². The fraction of sp³-hybridized carbons (Fsp3) is 0.250. The van der Waals surface area contributed by atoms with Crippen LogP contribution in [0.4, 0.5) is 0 Å². The smallest absolute Gasteiger partial charge is 0.0306 e. The fourth-order valence-electron chi connectivity index (χ4n) is 2.13. The van der Waals surface area contributed by atoms with Gasteiger partial charge in [-0.15, -0.1) is 0 Å². The van der Waals surface area contributed by atoms with Gasteiger partial charge >= 0.3 is 0 Å². The summed E-state index contributed by atoms with van der Waals surface area (Å²) in [6, 6.07) is 16.8. The number of nitrogens with two attached hydrogens (primary N) is 1. The second-order valence-corrected chi connectivity index (χ2v) is 6.42. The van der Waals surface area contributed by atoms with Crippen LogP contribution >= 0.6 is 31.9 Å². The van der Waals surface area contributed by atoms with Crippen LogP contribution in [0, 0.1) is 0 Å². The Labute approximate surface area is 131 Å². The molecule has 0 amide bonds. The molecule has 0 fully saturated rings. The maximum atomic E-state index is 6.28. The number of benzene rings is 2. The Bertz CT molecular complexity index is 526. The van der Waals surface area contributed by atoms with Crippen LogP contribution in [-0.2, 0) is 6.42 Å². The maximum absolute atomic E-state index is 6.28. The summed E-state index contributed by atoms with van der Waals surface area (Å²) in [4.78, 5) is 0. The first-order chi connectivity index (χ1) is 9.16. The molecule has 0 aliphatic rings. The second-order valence-electron chi connectivity index (χ2n) is 4.65. The third-order valence-corrected chi connectivity index (χ3v) is 4.40. The van der Waals surface area contributed by atoms with E-state index < -0.39 is 0 Å². The Hall–Kier alpha value is -0.640. The summed E-state index contributed by atoms with van der Waals surface area (Å²) in [5, 5.41) is 0. The summed E-state index contributed by atoms with van der Waals surface area (Å²) in [6.07, 6.45) is 3.17. The highest BCUT2D eigenvalue weighted by molar-refractivity contribution is 9.11. The van der Waals surface area contributed by atoms with Crippen molar-refractivity contribution in [2.75, 3.05) is 0 Å². The van der Waals surface area contributed by atoms with Crippen LogP contribution in [0.2, 0.25) is 0 Å². The lowest BCUT2D eigenvalue weighted by Gasteiger charge is -2.14. The van der Waals surface area contributed by atoms with Gasteiger partial charge in [0.05, 0.1) is 0 Å². The van der Waals surface area contributed by atoms with Crippen LogP contribution < -0.4 is 5.73 Å². The molecule has 2 aromatic rings. The van der Waals surface area contributed by atoms with E-state index in [2.05, 4.69) is 62.2 Å². The monoisotopic (exact) mass is 381 g/mol. The lowest BCUT2D eigenvalue weighted by atomic mass is 10.00. The Balaban J connectivity index is 1.91. The summed E-state index contributed by atoms with van der Waals surface area (Å²) in [7, 11) is 0. The molecule has 100 valence electrons. The van der Waals surface area contributed by atoms with Gasteiger partial charge in [-0.25, -0.2) is 0 Å². The van der Waals surface area contributed by atoms with Crippen molar-refractivity contribution in [2.24, 2.45) is 5.73 Å². The predicted molar refractivity (Wildman–Crippen MR) is 88.2 cm³/mol. The molecule has 1 nitrogen and oxygen atoms in total. The Kier molecular flexibility index (Phi) is 5.61. The lowest BCUT2D eigenvalue weighted by molar-refractivity contribution is 0.609. The third-order valence-electron chi connectivity index (χ3n) is 3.18. The first-order valence-electron chi connectivity index (χ1n) is 6.41. The van der Waals surface area contributed by atoms with E-state index >= 15 is 0 Å². The topological polar surface area (TPSA) is 26.0 Å². The average molecular weight is 383 g/mol. The molecule has 0 radical (unpaired) electrons. The van der Waals surface area contributed by atoms with Crippen LogP contribution in [-0.4, -0.2) is 0 Å². The number of halogens is 2. The van der Waals surface area contributed by atoms with Crippen molar-refractivity contribution in [3.63, 3.8) is 0 Å². The van der Waals surface area contributed by atoms with E-state index in [1.165, 1.54) is 11.1 Å². The molecule has 0 aliphatic carbocycles. The minimum absolute atomic E-state index is 0.0792. The Morgan fingerprint density at radius 3 is 2.47 bits per heavy atom. The van der Waals surface area contributed by atoms with Crippen molar-refractivity contribution >= 4 is 31.9 Å². The number of hydrogen-bond donors (Lipinski definition) is 1. The van der Waals surface area contributed by atoms with Gasteiger partial charge in [-0.2, -0.15) is 0 Å². The van der Waals surface area contributed by atoms with Crippen molar-refractivity contribution in [2.45, 2.75) is 25.3 Å². The molecule has 0 spiro atoms. The summed E-state index contributed by atoms with van der Waals surface area (Å²) in [5.41, 5.74) is 8.82. The highest BCUT2D eigenvalue weighted by Gasteiger charge is 2.10. The molecule has 1 unspecified atom stereocenters. The summed E-state index contributed by atoms with van der Waals surface area (Å²) in [5.74, 6) is 0. The standard InChI is InChI=1S/C16H17Br2N/c17-13-9-10-15(18)14(11-13)16(19)8-4-7-12-5-2-1-3-6-12/h1-3,5-6,9-11,16H,4,7-8,19H2. The minimum Gasteiger partial charge on any atom is -0.324 e. The van der Waals surface area contributed by atoms with E-state index in [1.54, 1.807) is 0 Å². The molecular weight excluding hydrogens is 366 g/mol. The average Bonchev–Trinajstić information content (AvgIpc) is 2.42. The van der Waals surface area contributed by atoms with Crippen LogP contribution in [0.1, 0.15) is 30.0 Å². The van der Waals surface area contributed by atoms with Gasteiger partial charge in [0.25, 0.3) is 0 Å². The van der Waals surface area contributed by atoms with E-state index in [0.717, 1.165) is 28.2 Å². The first-order valence-corrected chi connectivity index (χ1v) is 8.00. The molecule has 3 heteroatoms. The molecule has 0 aromatic heterocycles. The highest BCUT2D eigenvalue weighted by atomic mass is 79.9. The highest BCUT2D eigenvalue weighted by Crippen LogP contribution is 2.28. The van der Waals surface area contributed by atoms with Crippen molar-refractivity contribution in [1.29, 1.82) is 0 Å². The number of hydrogen-bond acceptors (Lipinski definition) is 1. The molecular formula is C16H17Br2N. The van der Waals surface area contributed by atoms with Gasteiger partial charge in [-0.1, -0.05) is 62.2 Å². The molecule has 0 saturated carbocycles. The first kappa shape index (κ1) is 14.8. The van der Waals surface area contributed by atoms with Gasteiger partial charge in [-0.3, -0.25) is 0 Å². The van der Waals surface area contributed by atoms with Gasteiger partial charge in [0.1, 0.15) is 0 Å². The third kappa shape index (κ3) is 4.44. The van der Waals surface area contributed by atoms with Gasteiger partial charge in [0, 0.05) is 15.0 Å². The van der Waals surface area contributed by atoms with E-state index in [9.17, 15) is 0 Å². The van der Waals surface area contributed by atoms with Gasteiger partial charge in [0.2, 0.25) is 0 Å². The molecule has 0 saturated heterocycles.